The van der Waals surface area contributed by atoms with Gasteiger partial charge in [-0.15, -0.1) is 0 Å². The molecule has 5 atom stereocenters. The number of rotatable bonds is 7. The van der Waals surface area contributed by atoms with Gasteiger partial charge in [-0.05, 0) is 56.7 Å². The van der Waals surface area contributed by atoms with Crippen LogP contribution in [0.3, 0.4) is 0 Å². The third kappa shape index (κ3) is 7.39. The lowest BCUT2D eigenvalue weighted by Gasteiger charge is -2.29. The number of furan rings is 1. The minimum Gasteiger partial charge on any atom is -0.470 e. The molecule has 0 unspecified atom stereocenters. The molecule has 3 fully saturated rings. The summed E-state index contributed by atoms with van der Waals surface area (Å²) in [4.78, 5) is 65.7. The Kier molecular flexibility index (Phi) is 9.88. The van der Waals surface area contributed by atoms with Gasteiger partial charge >= 0.3 is 6.09 Å². The first-order valence-electron chi connectivity index (χ1n) is 18.8. The lowest BCUT2D eigenvalue weighted by molar-refractivity contribution is -0.141. The summed E-state index contributed by atoms with van der Waals surface area (Å²) in [5, 5.41) is 5.20. The monoisotopic (exact) mass is 788 g/mol. The number of carbonyl (C=O) groups is 4. The van der Waals surface area contributed by atoms with Gasteiger partial charge in [-0.3, -0.25) is 19.1 Å². The average Bonchev–Trinajstić information content (AvgIpc) is 4.09. The molecular formula is C39H41FN6O9S. The van der Waals surface area contributed by atoms with E-state index >= 15 is 0 Å². The van der Waals surface area contributed by atoms with Crippen LogP contribution in [0.1, 0.15) is 57.8 Å². The number of sulfonamides is 1. The highest BCUT2D eigenvalue weighted by molar-refractivity contribution is 7.91. The van der Waals surface area contributed by atoms with Crippen LogP contribution in [0, 0.1) is 11.7 Å². The summed E-state index contributed by atoms with van der Waals surface area (Å²) in [6.45, 7) is -0.129. The molecule has 2 aromatic carbocycles. The van der Waals surface area contributed by atoms with E-state index in [1.54, 1.807) is 12.1 Å². The normalized spacial score (nSPS) is 26.3. The molecule has 0 spiro atoms. The van der Waals surface area contributed by atoms with E-state index in [-0.39, 0.29) is 43.1 Å². The van der Waals surface area contributed by atoms with E-state index in [0.717, 1.165) is 12.8 Å². The first-order valence-corrected chi connectivity index (χ1v) is 20.3. The molecule has 4 heterocycles. The summed E-state index contributed by atoms with van der Waals surface area (Å²) in [5.74, 6) is -2.77. The zero-order chi connectivity index (χ0) is 39.2. The van der Waals surface area contributed by atoms with Crippen molar-refractivity contribution in [2.75, 3.05) is 13.7 Å². The summed E-state index contributed by atoms with van der Waals surface area (Å²) in [6, 6.07) is 10.9. The molecule has 17 heteroatoms. The van der Waals surface area contributed by atoms with Crippen LogP contribution >= 0.6 is 0 Å². The predicted molar refractivity (Wildman–Crippen MR) is 200 cm³/mol. The van der Waals surface area contributed by atoms with Crippen molar-refractivity contribution in [1.82, 2.24) is 30.2 Å². The SMILES string of the molecule is COC(=O)N[C@H]1CCCCC/C=C\[C@H]2C[C@@]2(C(=O)NS(=O)(=O)C2CC2)NC(=O)[C@@H]2C[C@@H](Oc3nc(-c4ccccc4)nc4c3oc3ccc(F)cc34)CN2C1=O. The van der Waals surface area contributed by atoms with Crippen molar-refractivity contribution in [3.8, 4) is 17.3 Å². The molecule has 2 saturated carbocycles. The molecule has 294 valence electrons. The van der Waals surface area contributed by atoms with Crippen molar-refractivity contribution < 1.29 is 45.9 Å². The van der Waals surface area contributed by atoms with Crippen LogP contribution in [0.5, 0.6) is 5.88 Å². The molecule has 2 aromatic heterocycles. The molecule has 8 rings (SSSR count). The number of ether oxygens (including phenoxy) is 2. The fourth-order valence-corrected chi connectivity index (χ4v) is 8.96. The molecule has 2 aliphatic carbocycles. The number of fused-ring (bicyclic) bond motifs is 5. The molecule has 3 N–H and O–H groups in total. The number of benzene rings is 2. The van der Waals surface area contributed by atoms with Crippen LogP contribution in [0.2, 0.25) is 0 Å². The zero-order valence-corrected chi connectivity index (χ0v) is 31.3. The lowest BCUT2D eigenvalue weighted by atomic mass is 10.1. The van der Waals surface area contributed by atoms with Crippen molar-refractivity contribution in [1.29, 1.82) is 0 Å². The first-order chi connectivity index (χ1) is 27.0. The Morgan fingerprint density at radius 1 is 1.05 bits per heavy atom. The third-order valence-electron chi connectivity index (χ3n) is 10.9. The first kappa shape index (κ1) is 37.3. The molecule has 15 nitrogen and oxygen atoms in total. The van der Waals surface area contributed by atoms with E-state index in [1.807, 2.05) is 30.4 Å². The maximum absolute atomic E-state index is 14.5. The molecule has 4 amide bonds. The molecule has 56 heavy (non-hydrogen) atoms. The van der Waals surface area contributed by atoms with Crippen molar-refractivity contribution in [2.24, 2.45) is 5.92 Å². The molecule has 4 aliphatic rings. The highest BCUT2D eigenvalue weighted by atomic mass is 32.2. The van der Waals surface area contributed by atoms with Crippen molar-refractivity contribution in [3.63, 3.8) is 0 Å². The maximum atomic E-state index is 14.5. The van der Waals surface area contributed by atoms with Gasteiger partial charge in [-0.25, -0.2) is 22.6 Å². The summed E-state index contributed by atoms with van der Waals surface area (Å²) in [7, 11) is -2.74. The second-order valence-electron chi connectivity index (χ2n) is 14.8. The van der Waals surface area contributed by atoms with Gasteiger partial charge in [0, 0.05) is 23.3 Å². The largest absolute Gasteiger partial charge is 0.470 e. The number of nitrogens with one attached hydrogen (secondary N) is 3. The van der Waals surface area contributed by atoms with E-state index in [2.05, 4.69) is 20.3 Å². The van der Waals surface area contributed by atoms with Crippen LogP contribution in [0.4, 0.5) is 9.18 Å². The molecule has 0 bridgehead atoms. The Bertz CT molecular complexity index is 2350. The molecule has 0 radical (unpaired) electrons. The van der Waals surface area contributed by atoms with Gasteiger partial charge in [0.2, 0.25) is 27.4 Å². The predicted octanol–water partition coefficient (Wildman–Crippen LogP) is 4.26. The van der Waals surface area contributed by atoms with E-state index in [1.165, 1.54) is 30.2 Å². The van der Waals surface area contributed by atoms with Gasteiger partial charge in [0.25, 0.3) is 11.8 Å². The van der Waals surface area contributed by atoms with E-state index in [0.29, 0.717) is 47.7 Å². The standard InChI is InChI=1S/C39H41FN6O9S/c1-53-38(50)41-28-13-9-4-2-3-8-12-23-20-39(23,37(49)45-56(51,52)26-15-16-26)44-34(47)29-19-25(21-46(29)36(28)48)54-35-32-31(27-18-24(40)14-17-30(27)55-32)42-33(43-35)22-10-6-5-7-11-22/h5-8,10-12,14,17-18,23,25-26,28-29H,2-4,9,13,15-16,19-21H2,1H3,(H,41,50)(H,44,47)(H,45,49)/b12-8-/t23-,25+,28-,29-,39+/m0/s1. The van der Waals surface area contributed by atoms with Gasteiger partial charge in [-0.2, -0.15) is 4.98 Å². The number of hydrogen-bond acceptors (Lipinski definition) is 11. The minimum atomic E-state index is -3.93. The van der Waals surface area contributed by atoms with Crippen LogP contribution < -0.4 is 20.1 Å². The van der Waals surface area contributed by atoms with E-state index in [9.17, 15) is 32.0 Å². The smallest absolute Gasteiger partial charge is 0.407 e. The van der Waals surface area contributed by atoms with Crippen LogP contribution in [0.15, 0.2) is 65.1 Å². The maximum Gasteiger partial charge on any atom is 0.407 e. The van der Waals surface area contributed by atoms with Crippen molar-refractivity contribution in [2.45, 2.75) is 86.8 Å². The van der Waals surface area contributed by atoms with Crippen molar-refractivity contribution >= 4 is 55.9 Å². The number of nitrogens with zero attached hydrogens (tertiary/aromatic N) is 3. The van der Waals surface area contributed by atoms with E-state index < -0.39 is 74.5 Å². The number of hydrogen-bond donors (Lipinski definition) is 3. The van der Waals surface area contributed by atoms with Gasteiger partial charge in [0.05, 0.1) is 18.9 Å². The average molecular weight is 789 g/mol. The number of halogens is 1. The fourth-order valence-electron chi connectivity index (χ4n) is 7.59. The highest BCUT2D eigenvalue weighted by Crippen LogP contribution is 2.46. The fraction of sp³-hybridized carbons (Fsp3) is 0.436. The van der Waals surface area contributed by atoms with Crippen molar-refractivity contribution in [3.05, 3.63) is 66.5 Å². The van der Waals surface area contributed by atoms with Gasteiger partial charge < -0.3 is 29.4 Å². The zero-order valence-electron chi connectivity index (χ0n) is 30.5. The van der Waals surface area contributed by atoms with Crippen LogP contribution in [0.25, 0.3) is 33.5 Å². The Hall–Kier alpha value is -5.58. The van der Waals surface area contributed by atoms with Crippen LogP contribution in [-0.4, -0.2) is 89.7 Å². The Morgan fingerprint density at radius 3 is 2.62 bits per heavy atom. The van der Waals surface area contributed by atoms with Crippen LogP contribution in [-0.2, 0) is 29.1 Å². The second-order valence-corrected chi connectivity index (χ2v) is 16.8. The number of aromatic nitrogens is 2. The van der Waals surface area contributed by atoms with Gasteiger partial charge in [0.15, 0.2) is 5.82 Å². The Morgan fingerprint density at radius 2 is 1.86 bits per heavy atom. The molecule has 4 aromatic rings. The van der Waals surface area contributed by atoms with Gasteiger partial charge in [0.1, 0.15) is 40.6 Å². The summed E-state index contributed by atoms with van der Waals surface area (Å²) in [6.07, 6.45) is 6.08. The van der Waals surface area contributed by atoms with Gasteiger partial charge in [-0.1, -0.05) is 55.3 Å². The summed E-state index contributed by atoms with van der Waals surface area (Å²) < 4.78 is 59.8. The molecule has 1 saturated heterocycles. The Balaban J connectivity index is 1.15. The third-order valence-corrected chi connectivity index (χ3v) is 12.7. The summed E-state index contributed by atoms with van der Waals surface area (Å²) in [5.41, 5.74) is -0.128. The lowest BCUT2D eigenvalue weighted by Crippen LogP contribution is -2.58. The summed E-state index contributed by atoms with van der Waals surface area (Å²) >= 11 is 0. The minimum absolute atomic E-state index is 0.00354. The molecular weight excluding hydrogens is 748 g/mol. The number of allylic oxidation sites excluding steroid dienone is 1. The number of amides is 4. The highest BCUT2D eigenvalue weighted by Gasteiger charge is 2.62. The van der Waals surface area contributed by atoms with E-state index in [4.69, 9.17) is 18.9 Å². The quantitative estimate of drug-likeness (QED) is 0.226. The number of carbonyl (C=O) groups excluding carboxylic acids is 4. The second kappa shape index (κ2) is 14.8. The Labute approximate surface area is 321 Å². The number of methoxy groups -OCH3 is 1. The molecule has 2 aliphatic heterocycles. The number of alkyl carbamates (subject to hydrolysis) is 1. The topological polar surface area (TPSA) is 199 Å².